The first-order chi connectivity index (χ1) is 10.6. The van der Waals surface area contributed by atoms with Crippen LogP contribution in [0.15, 0.2) is 30.3 Å². The zero-order valence-corrected chi connectivity index (χ0v) is 12.6. The van der Waals surface area contributed by atoms with Gasteiger partial charge in [0.1, 0.15) is 5.75 Å². The second-order valence-corrected chi connectivity index (χ2v) is 5.10. The van der Waals surface area contributed by atoms with Crippen molar-refractivity contribution in [2.24, 2.45) is 0 Å². The minimum atomic E-state index is -0.834. The molecule has 6 heteroatoms. The molecular formula is C16H20N2O4. The van der Waals surface area contributed by atoms with Gasteiger partial charge in [-0.2, -0.15) is 0 Å². The highest BCUT2D eigenvalue weighted by atomic mass is 16.5. The molecule has 0 radical (unpaired) electrons. The molecule has 6 nitrogen and oxygen atoms in total. The second kappa shape index (κ2) is 7.61. The molecule has 1 heterocycles. The number of carboxylic acid groups (broad SMARTS) is 1. The molecule has 1 amide bonds. The van der Waals surface area contributed by atoms with Crippen molar-refractivity contribution in [3.05, 3.63) is 35.9 Å². The number of benzene rings is 1. The van der Waals surface area contributed by atoms with Gasteiger partial charge in [-0.05, 0) is 23.8 Å². The van der Waals surface area contributed by atoms with Crippen LogP contribution in [0.25, 0.3) is 6.08 Å². The number of rotatable bonds is 5. The molecule has 1 aliphatic rings. The highest BCUT2D eigenvalue weighted by Crippen LogP contribution is 2.12. The fourth-order valence-electron chi connectivity index (χ4n) is 2.31. The predicted molar refractivity (Wildman–Crippen MR) is 82.7 cm³/mol. The van der Waals surface area contributed by atoms with Crippen molar-refractivity contribution < 1.29 is 19.4 Å². The standard InChI is InChI=1S/C16H20N2O4/c1-22-14-5-2-13(3-6-14)4-7-15(19)18-10-8-17(9-11-18)12-16(20)21/h2-7H,8-12H2,1H3,(H,20,21)/b7-4+. The molecular weight excluding hydrogens is 284 g/mol. The predicted octanol–water partition coefficient (Wildman–Crippen LogP) is 0.937. The lowest BCUT2D eigenvalue weighted by atomic mass is 10.2. The molecule has 0 spiro atoms. The third-order valence-electron chi connectivity index (χ3n) is 3.58. The Hall–Kier alpha value is -2.34. The highest BCUT2D eigenvalue weighted by molar-refractivity contribution is 5.91. The number of nitrogens with zero attached hydrogens (tertiary/aromatic N) is 2. The fourth-order valence-corrected chi connectivity index (χ4v) is 2.31. The molecule has 118 valence electrons. The van der Waals surface area contributed by atoms with Gasteiger partial charge in [0.25, 0.3) is 0 Å². The Morgan fingerprint density at radius 3 is 2.36 bits per heavy atom. The van der Waals surface area contributed by atoms with Gasteiger partial charge in [-0.3, -0.25) is 14.5 Å². The molecule has 1 aromatic rings. The summed E-state index contributed by atoms with van der Waals surface area (Å²) in [6.45, 7) is 2.32. The number of carbonyl (C=O) groups is 2. The molecule has 2 rings (SSSR count). The maximum atomic E-state index is 12.1. The summed E-state index contributed by atoms with van der Waals surface area (Å²) < 4.78 is 5.08. The molecule has 0 saturated carbocycles. The molecule has 1 fully saturated rings. The van der Waals surface area contributed by atoms with E-state index in [4.69, 9.17) is 9.84 Å². The summed E-state index contributed by atoms with van der Waals surface area (Å²) in [6, 6.07) is 7.45. The quantitative estimate of drug-likeness (QED) is 0.820. The minimum absolute atomic E-state index is 0.0315. The van der Waals surface area contributed by atoms with E-state index in [2.05, 4.69) is 0 Å². The monoisotopic (exact) mass is 304 g/mol. The summed E-state index contributed by atoms with van der Waals surface area (Å²) in [6.07, 6.45) is 3.32. The zero-order chi connectivity index (χ0) is 15.9. The smallest absolute Gasteiger partial charge is 0.317 e. The van der Waals surface area contributed by atoms with E-state index in [1.807, 2.05) is 29.2 Å². The van der Waals surface area contributed by atoms with E-state index >= 15 is 0 Å². The van der Waals surface area contributed by atoms with Crippen molar-refractivity contribution in [3.8, 4) is 5.75 Å². The van der Waals surface area contributed by atoms with E-state index in [-0.39, 0.29) is 12.5 Å². The Balaban J connectivity index is 1.84. The summed E-state index contributed by atoms with van der Waals surface area (Å²) in [5, 5.41) is 8.75. The third-order valence-corrected chi connectivity index (χ3v) is 3.58. The number of hydrogen-bond donors (Lipinski definition) is 1. The maximum absolute atomic E-state index is 12.1. The van der Waals surface area contributed by atoms with Crippen LogP contribution < -0.4 is 4.74 Å². The van der Waals surface area contributed by atoms with E-state index < -0.39 is 5.97 Å². The van der Waals surface area contributed by atoms with Gasteiger partial charge in [-0.25, -0.2) is 0 Å². The number of amides is 1. The van der Waals surface area contributed by atoms with Crippen molar-refractivity contribution in [3.63, 3.8) is 0 Å². The van der Waals surface area contributed by atoms with Crippen molar-refractivity contribution in [2.75, 3.05) is 39.8 Å². The summed E-state index contributed by atoms with van der Waals surface area (Å²) in [7, 11) is 1.61. The first-order valence-electron chi connectivity index (χ1n) is 7.13. The SMILES string of the molecule is COc1ccc(/C=C/C(=O)N2CCN(CC(=O)O)CC2)cc1. The van der Waals surface area contributed by atoms with Crippen LogP contribution in [0.1, 0.15) is 5.56 Å². The molecule has 1 aromatic carbocycles. The van der Waals surface area contributed by atoms with Crippen LogP contribution in [0.2, 0.25) is 0 Å². The number of carbonyl (C=O) groups excluding carboxylic acids is 1. The van der Waals surface area contributed by atoms with Crippen LogP contribution in [0, 0.1) is 0 Å². The maximum Gasteiger partial charge on any atom is 0.317 e. The summed E-state index contributed by atoms with van der Waals surface area (Å²) >= 11 is 0. The van der Waals surface area contributed by atoms with Gasteiger partial charge in [-0.1, -0.05) is 12.1 Å². The molecule has 0 aliphatic carbocycles. The van der Waals surface area contributed by atoms with Crippen molar-refractivity contribution >= 4 is 18.0 Å². The first kappa shape index (κ1) is 16.0. The number of methoxy groups -OCH3 is 1. The lowest BCUT2D eigenvalue weighted by Crippen LogP contribution is -2.49. The molecule has 1 saturated heterocycles. The second-order valence-electron chi connectivity index (χ2n) is 5.10. The Morgan fingerprint density at radius 1 is 1.18 bits per heavy atom. The molecule has 0 bridgehead atoms. The van der Waals surface area contributed by atoms with E-state index in [0.29, 0.717) is 26.2 Å². The lowest BCUT2D eigenvalue weighted by molar-refractivity contribution is -0.139. The van der Waals surface area contributed by atoms with E-state index in [1.165, 1.54) is 0 Å². The molecule has 0 unspecified atom stereocenters. The minimum Gasteiger partial charge on any atom is -0.497 e. The number of hydrogen-bond acceptors (Lipinski definition) is 4. The Morgan fingerprint density at radius 2 is 1.82 bits per heavy atom. The zero-order valence-electron chi connectivity index (χ0n) is 12.6. The Kier molecular flexibility index (Phi) is 5.55. The number of ether oxygens (including phenoxy) is 1. The normalized spacial score (nSPS) is 16.0. The Labute approximate surface area is 129 Å². The molecule has 0 aromatic heterocycles. The van der Waals surface area contributed by atoms with E-state index in [0.717, 1.165) is 11.3 Å². The molecule has 1 N–H and O–H groups in total. The van der Waals surface area contributed by atoms with Gasteiger partial charge in [0.2, 0.25) is 5.91 Å². The van der Waals surface area contributed by atoms with Gasteiger partial charge in [0.05, 0.1) is 13.7 Å². The number of aliphatic carboxylic acids is 1. The molecule has 22 heavy (non-hydrogen) atoms. The van der Waals surface area contributed by atoms with Gasteiger partial charge in [-0.15, -0.1) is 0 Å². The average Bonchev–Trinajstić information content (AvgIpc) is 2.53. The van der Waals surface area contributed by atoms with Crippen LogP contribution in [-0.4, -0.2) is 66.6 Å². The average molecular weight is 304 g/mol. The fraction of sp³-hybridized carbons (Fsp3) is 0.375. The van der Waals surface area contributed by atoms with Crippen molar-refractivity contribution in [1.82, 2.24) is 9.80 Å². The van der Waals surface area contributed by atoms with Gasteiger partial charge >= 0.3 is 5.97 Å². The van der Waals surface area contributed by atoms with Crippen LogP contribution >= 0.6 is 0 Å². The van der Waals surface area contributed by atoms with Gasteiger partial charge in [0.15, 0.2) is 0 Å². The van der Waals surface area contributed by atoms with Crippen LogP contribution in [0.4, 0.5) is 0 Å². The molecule has 1 aliphatic heterocycles. The summed E-state index contributed by atoms with van der Waals surface area (Å²) in [5.74, 6) is -0.108. The summed E-state index contributed by atoms with van der Waals surface area (Å²) in [5.41, 5.74) is 0.929. The van der Waals surface area contributed by atoms with Crippen molar-refractivity contribution in [2.45, 2.75) is 0 Å². The lowest BCUT2D eigenvalue weighted by Gasteiger charge is -2.33. The van der Waals surface area contributed by atoms with Crippen LogP contribution in [0.3, 0.4) is 0 Å². The third kappa shape index (κ3) is 4.60. The summed E-state index contributed by atoms with van der Waals surface area (Å²) in [4.78, 5) is 26.3. The number of piperazine rings is 1. The topological polar surface area (TPSA) is 70.1 Å². The Bertz CT molecular complexity index is 546. The van der Waals surface area contributed by atoms with Crippen molar-refractivity contribution in [1.29, 1.82) is 0 Å². The van der Waals surface area contributed by atoms with E-state index in [9.17, 15) is 9.59 Å². The van der Waals surface area contributed by atoms with Crippen LogP contribution in [0.5, 0.6) is 5.75 Å². The molecule has 0 atom stereocenters. The van der Waals surface area contributed by atoms with Gasteiger partial charge < -0.3 is 14.7 Å². The highest BCUT2D eigenvalue weighted by Gasteiger charge is 2.20. The van der Waals surface area contributed by atoms with Gasteiger partial charge in [0, 0.05) is 32.3 Å². The van der Waals surface area contributed by atoms with Crippen LogP contribution in [-0.2, 0) is 9.59 Å². The van der Waals surface area contributed by atoms with E-state index in [1.54, 1.807) is 24.2 Å². The number of carboxylic acids is 1. The largest absolute Gasteiger partial charge is 0.497 e. The first-order valence-corrected chi connectivity index (χ1v) is 7.13.